The van der Waals surface area contributed by atoms with E-state index < -0.39 is 0 Å². The zero-order valence-electron chi connectivity index (χ0n) is 8.63. The molecule has 0 radical (unpaired) electrons. The summed E-state index contributed by atoms with van der Waals surface area (Å²) in [6, 6.07) is 0. The number of hydrogen-bond donors (Lipinski definition) is 0. The maximum Gasteiger partial charge on any atom is 0.119 e. The Morgan fingerprint density at radius 3 is 1.69 bits per heavy atom. The molecular formula is C12H22O. The van der Waals surface area contributed by atoms with E-state index in [9.17, 15) is 4.79 Å². The third kappa shape index (κ3) is 11.4. The first-order valence-electron chi connectivity index (χ1n) is 5.46. The highest BCUT2D eigenvalue weighted by Crippen LogP contribution is 2.09. The summed E-state index contributed by atoms with van der Waals surface area (Å²) >= 11 is 0. The van der Waals surface area contributed by atoms with Gasteiger partial charge in [-0.25, -0.2) is 0 Å². The van der Waals surface area contributed by atoms with E-state index in [1.165, 1.54) is 38.5 Å². The Labute approximate surface area is 82.2 Å². The number of carbonyl (C=O) groups is 1. The van der Waals surface area contributed by atoms with Gasteiger partial charge in [-0.2, -0.15) is 0 Å². The summed E-state index contributed by atoms with van der Waals surface area (Å²) in [5.41, 5.74) is 0. The third-order valence-corrected chi connectivity index (χ3v) is 2.23. The Balaban J connectivity index is 2.83. The molecule has 0 N–H and O–H groups in total. The molecule has 0 amide bonds. The van der Waals surface area contributed by atoms with Crippen LogP contribution in [-0.2, 0) is 4.79 Å². The standard InChI is InChI=1S/C12H22O/c1-2-3-4-5-6-7-8-9-10-11-12-13/h2,12H,1,3-11H2. The van der Waals surface area contributed by atoms with Crippen molar-refractivity contribution in [2.45, 2.75) is 57.8 Å². The van der Waals surface area contributed by atoms with Crippen LogP contribution < -0.4 is 0 Å². The fraction of sp³-hybridized carbons (Fsp3) is 0.750. The van der Waals surface area contributed by atoms with Crippen LogP contribution in [0.5, 0.6) is 0 Å². The lowest BCUT2D eigenvalue weighted by molar-refractivity contribution is -0.107. The first-order chi connectivity index (χ1) is 6.41. The van der Waals surface area contributed by atoms with Gasteiger partial charge in [0, 0.05) is 6.42 Å². The van der Waals surface area contributed by atoms with E-state index in [2.05, 4.69) is 6.58 Å². The second-order valence-corrected chi connectivity index (χ2v) is 3.51. The van der Waals surface area contributed by atoms with E-state index in [4.69, 9.17) is 0 Å². The van der Waals surface area contributed by atoms with Crippen LogP contribution >= 0.6 is 0 Å². The summed E-state index contributed by atoms with van der Waals surface area (Å²) in [7, 11) is 0. The van der Waals surface area contributed by atoms with E-state index >= 15 is 0 Å². The van der Waals surface area contributed by atoms with E-state index in [1.54, 1.807) is 0 Å². The first kappa shape index (κ1) is 12.4. The first-order valence-corrected chi connectivity index (χ1v) is 5.46. The molecule has 0 spiro atoms. The zero-order chi connectivity index (χ0) is 9.78. The average Bonchev–Trinajstić information content (AvgIpc) is 2.16. The van der Waals surface area contributed by atoms with Crippen molar-refractivity contribution >= 4 is 6.29 Å². The Morgan fingerprint density at radius 2 is 1.23 bits per heavy atom. The van der Waals surface area contributed by atoms with Gasteiger partial charge in [0.2, 0.25) is 0 Å². The highest BCUT2D eigenvalue weighted by molar-refractivity contribution is 5.48. The normalized spacial score (nSPS) is 9.85. The van der Waals surface area contributed by atoms with Crippen LogP contribution in [0.2, 0.25) is 0 Å². The molecule has 13 heavy (non-hydrogen) atoms. The summed E-state index contributed by atoms with van der Waals surface area (Å²) in [6.45, 7) is 3.70. The molecule has 1 nitrogen and oxygen atoms in total. The van der Waals surface area contributed by atoms with Crippen LogP contribution in [0.1, 0.15) is 57.8 Å². The van der Waals surface area contributed by atoms with Gasteiger partial charge in [0.15, 0.2) is 0 Å². The quantitative estimate of drug-likeness (QED) is 0.284. The topological polar surface area (TPSA) is 17.1 Å². The minimum atomic E-state index is 0.746. The van der Waals surface area contributed by atoms with Crippen molar-refractivity contribution in [2.24, 2.45) is 0 Å². The molecule has 0 aliphatic heterocycles. The van der Waals surface area contributed by atoms with Crippen LogP contribution in [-0.4, -0.2) is 6.29 Å². The van der Waals surface area contributed by atoms with Gasteiger partial charge in [0.05, 0.1) is 0 Å². The summed E-state index contributed by atoms with van der Waals surface area (Å²) in [4.78, 5) is 10.0. The van der Waals surface area contributed by atoms with E-state index in [-0.39, 0.29) is 0 Å². The molecular weight excluding hydrogens is 160 g/mol. The molecule has 0 heterocycles. The summed E-state index contributed by atoms with van der Waals surface area (Å²) in [5.74, 6) is 0. The Hall–Kier alpha value is -0.590. The van der Waals surface area contributed by atoms with Crippen LogP contribution in [0.15, 0.2) is 12.7 Å². The summed E-state index contributed by atoms with van der Waals surface area (Å²) < 4.78 is 0. The van der Waals surface area contributed by atoms with Crippen LogP contribution in [0.4, 0.5) is 0 Å². The van der Waals surface area contributed by atoms with Gasteiger partial charge in [0.1, 0.15) is 6.29 Å². The SMILES string of the molecule is C=CCCCCCCCCCC=O. The van der Waals surface area contributed by atoms with Gasteiger partial charge in [0.25, 0.3) is 0 Å². The monoisotopic (exact) mass is 182 g/mol. The molecule has 0 aliphatic rings. The smallest absolute Gasteiger partial charge is 0.119 e. The van der Waals surface area contributed by atoms with E-state index in [0.29, 0.717) is 0 Å². The molecule has 0 aromatic heterocycles. The highest BCUT2D eigenvalue weighted by Gasteiger charge is 1.90. The van der Waals surface area contributed by atoms with Crippen molar-refractivity contribution in [3.63, 3.8) is 0 Å². The predicted octanol–water partition coefficient (Wildman–Crippen LogP) is 3.88. The molecule has 0 saturated carbocycles. The Morgan fingerprint density at radius 1 is 0.769 bits per heavy atom. The Bertz CT molecular complexity index is 104. The number of rotatable bonds is 10. The van der Waals surface area contributed by atoms with Gasteiger partial charge in [-0.1, -0.05) is 38.2 Å². The minimum absolute atomic E-state index is 0.746. The molecule has 0 bridgehead atoms. The number of unbranched alkanes of at least 4 members (excludes halogenated alkanes) is 8. The molecule has 0 aliphatic carbocycles. The molecule has 0 saturated heterocycles. The second-order valence-electron chi connectivity index (χ2n) is 3.51. The number of carbonyl (C=O) groups excluding carboxylic acids is 1. The number of hydrogen-bond acceptors (Lipinski definition) is 1. The number of allylic oxidation sites excluding steroid dienone is 1. The van der Waals surface area contributed by atoms with E-state index in [1.807, 2.05) is 6.08 Å². The maximum absolute atomic E-state index is 10.0. The third-order valence-electron chi connectivity index (χ3n) is 2.23. The van der Waals surface area contributed by atoms with Crippen molar-refractivity contribution < 1.29 is 4.79 Å². The van der Waals surface area contributed by atoms with E-state index in [0.717, 1.165) is 25.5 Å². The van der Waals surface area contributed by atoms with Crippen LogP contribution in [0.25, 0.3) is 0 Å². The van der Waals surface area contributed by atoms with Gasteiger partial charge < -0.3 is 4.79 Å². The molecule has 0 rings (SSSR count). The highest BCUT2D eigenvalue weighted by atomic mass is 16.1. The molecule has 0 aromatic rings. The van der Waals surface area contributed by atoms with Crippen molar-refractivity contribution in [3.05, 3.63) is 12.7 Å². The van der Waals surface area contributed by atoms with Gasteiger partial charge in [-0.05, 0) is 19.3 Å². The van der Waals surface area contributed by atoms with Gasteiger partial charge in [-0.3, -0.25) is 0 Å². The lowest BCUT2D eigenvalue weighted by atomic mass is 10.1. The molecule has 0 aromatic carbocycles. The zero-order valence-corrected chi connectivity index (χ0v) is 8.63. The molecule has 1 heteroatoms. The Kier molecular flexibility index (Phi) is 10.9. The maximum atomic E-state index is 10.0. The minimum Gasteiger partial charge on any atom is -0.303 e. The van der Waals surface area contributed by atoms with Gasteiger partial charge in [-0.15, -0.1) is 6.58 Å². The molecule has 0 fully saturated rings. The lowest BCUT2D eigenvalue weighted by Gasteiger charge is -1.99. The number of aldehydes is 1. The van der Waals surface area contributed by atoms with Crippen LogP contribution in [0, 0.1) is 0 Å². The molecule has 76 valence electrons. The van der Waals surface area contributed by atoms with Gasteiger partial charge >= 0.3 is 0 Å². The summed E-state index contributed by atoms with van der Waals surface area (Å²) in [5, 5.41) is 0. The fourth-order valence-electron chi connectivity index (χ4n) is 1.40. The second kappa shape index (κ2) is 11.4. The molecule has 0 unspecified atom stereocenters. The predicted molar refractivity (Wildman–Crippen MR) is 57.8 cm³/mol. The average molecular weight is 182 g/mol. The largest absolute Gasteiger partial charge is 0.303 e. The van der Waals surface area contributed by atoms with Crippen molar-refractivity contribution in [1.29, 1.82) is 0 Å². The van der Waals surface area contributed by atoms with Crippen molar-refractivity contribution in [1.82, 2.24) is 0 Å². The van der Waals surface area contributed by atoms with Crippen LogP contribution in [0.3, 0.4) is 0 Å². The molecule has 0 atom stereocenters. The summed E-state index contributed by atoms with van der Waals surface area (Å²) in [6.07, 6.45) is 13.8. The lowest BCUT2D eigenvalue weighted by Crippen LogP contribution is -1.81. The fourth-order valence-corrected chi connectivity index (χ4v) is 1.40. The van der Waals surface area contributed by atoms with Crippen molar-refractivity contribution in [3.8, 4) is 0 Å². The van der Waals surface area contributed by atoms with Crippen molar-refractivity contribution in [2.75, 3.05) is 0 Å².